The molecule has 0 amide bonds. The van der Waals surface area contributed by atoms with Gasteiger partial charge in [-0.25, -0.2) is 0 Å². The van der Waals surface area contributed by atoms with Crippen LogP contribution in [0.4, 0.5) is 0 Å². The summed E-state index contributed by atoms with van der Waals surface area (Å²) in [5.74, 6) is 0.0659. The average Bonchev–Trinajstić information content (AvgIpc) is 2.72. The molecule has 4 heteroatoms. The van der Waals surface area contributed by atoms with E-state index in [1.165, 1.54) is 0 Å². The highest BCUT2D eigenvalue weighted by atomic mass is 16.5. The minimum absolute atomic E-state index is 0.0355. The second kappa shape index (κ2) is 4.78. The number of para-hydroxylation sites is 1. The van der Waals surface area contributed by atoms with Gasteiger partial charge in [0, 0.05) is 17.9 Å². The van der Waals surface area contributed by atoms with Crippen molar-refractivity contribution in [2.45, 2.75) is 32.9 Å². The van der Waals surface area contributed by atoms with Gasteiger partial charge in [0.25, 0.3) is 0 Å². The number of benzene rings is 1. The maximum absolute atomic E-state index is 12.2. The number of aromatic nitrogens is 2. The van der Waals surface area contributed by atoms with E-state index >= 15 is 0 Å². The summed E-state index contributed by atoms with van der Waals surface area (Å²) in [4.78, 5) is 12.2. The SMILES string of the molecule is CC(C)C(=O)c1nn(CC2CCO2)c2ccccc12. The van der Waals surface area contributed by atoms with Crippen LogP contribution in [0.1, 0.15) is 30.8 Å². The Morgan fingerprint density at radius 1 is 1.47 bits per heavy atom. The van der Waals surface area contributed by atoms with Crippen LogP contribution < -0.4 is 0 Å². The van der Waals surface area contributed by atoms with Gasteiger partial charge in [-0.1, -0.05) is 32.0 Å². The van der Waals surface area contributed by atoms with E-state index in [4.69, 9.17) is 4.74 Å². The minimum atomic E-state index is -0.0355. The first-order valence-corrected chi connectivity index (χ1v) is 6.78. The molecule has 0 N–H and O–H groups in total. The van der Waals surface area contributed by atoms with E-state index in [-0.39, 0.29) is 17.8 Å². The molecule has 2 aromatic rings. The molecule has 2 heterocycles. The smallest absolute Gasteiger partial charge is 0.186 e. The van der Waals surface area contributed by atoms with Crippen LogP contribution in [0.5, 0.6) is 0 Å². The predicted molar refractivity (Wildman–Crippen MR) is 73.3 cm³/mol. The van der Waals surface area contributed by atoms with Crippen molar-refractivity contribution in [1.82, 2.24) is 9.78 Å². The van der Waals surface area contributed by atoms with E-state index in [1.807, 2.05) is 42.8 Å². The lowest BCUT2D eigenvalue weighted by atomic mass is 10.0. The molecule has 0 spiro atoms. The number of hydrogen-bond donors (Lipinski definition) is 0. The van der Waals surface area contributed by atoms with Gasteiger partial charge < -0.3 is 4.74 Å². The number of ketones is 1. The number of rotatable bonds is 4. The highest BCUT2D eigenvalue weighted by Crippen LogP contribution is 2.23. The highest BCUT2D eigenvalue weighted by molar-refractivity contribution is 6.06. The normalized spacial score (nSPS) is 18.8. The summed E-state index contributed by atoms with van der Waals surface area (Å²) in [7, 11) is 0. The maximum Gasteiger partial charge on any atom is 0.186 e. The van der Waals surface area contributed by atoms with Crippen LogP contribution in [-0.2, 0) is 11.3 Å². The Morgan fingerprint density at radius 3 is 2.84 bits per heavy atom. The Bertz CT molecular complexity index is 612. The van der Waals surface area contributed by atoms with Gasteiger partial charge in [-0.05, 0) is 12.5 Å². The Balaban J connectivity index is 2.04. The van der Waals surface area contributed by atoms with Crippen molar-refractivity contribution in [3.8, 4) is 0 Å². The fourth-order valence-electron chi connectivity index (χ4n) is 2.34. The van der Waals surface area contributed by atoms with Crippen molar-refractivity contribution in [2.24, 2.45) is 5.92 Å². The molecule has 1 aliphatic heterocycles. The molecule has 1 aromatic carbocycles. The van der Waals surface area contributed by atoms with Crippen LogP contribution >= 0.6 is 0 Å². The predicted octanol–water partition coefficient (Wildman–Crippen LogP) is 2.66. The standard InChI is InChI=1S/C15H18N2O2/c1-10(2)15(18)14-12-5-3-4-6-13(12)17(16-14)9-11-7-8-19-11/h3-6,10-11H,7-9H2,1-2H3. The van der Waals surface area contributed by atoms with Gasteiger partial charge in [-0.2, -0.15) is 5.10 Å². The molecule has 0 bridgehead atoms. The molecule has 100 valence electrons. The van der Waals surface area contributed by atoms with E-state index in [9.17, 15) is 4.79 Å². The van der Waals surface area contributed by atoms with Gasteiger partial charge in [0.05, 0.1) is 18.2 Å². The second-order valence-corrected chi connectivity index (χ2v) is 5.35. The summed E-state index contributed by atoms with van der Waals surface area (Å²) in [5, 5.41) is 5.46. The number of fused-ring (bicyclic) bond motifs is 1. The number of nitrogens with zero attached hydrogens (tertiary/aromatic N) is 2. The van der Waals surface area contributed by atoms with Crippen molar-refractivity contribution < 1.29 is 9.53 Å². The Kier molecular flexibility index (Phi) is 3.11. The number of Topliss-reactive ketones (excluding diaryl/α,β-unsaturated/α-hetero) is 1. The van der Waals surface area contributed by atoms with Crippen LogP contribution in [0, 0.1) is 5.92 Å². The van der Waals surface area contributed by atoms with Crippen LogP contribution in [0.2, 0.25) is 0 Å². The third-order valence-corrected chi connectivity index (χ3v) is 3.59. The van der Waals surface area contributed by atoms with Gasteiger partial charge >= 0.3 is 0 Å². The maximum atomic E-state index is 12.2. The summed E-state index contributed by atoms with van der Waals surface area (Å²) >= 11 is 0. The van der Waals surface area contributed by atoms with Crippen molar-refractivity contribution in [3.05, 3.63) is 30.0 Å². The molecule has 1 atom stereocenters. The number of ether oxygens (including phenoxy) is 1. The quantitative estimate of drug-likeness (QED) is 0.792. The summed E-state index contributed by atoms with van der Waals surface area (Å²) < 4.78 is 7.37. The monoisotopic (exact) mass is 258 g/mol. The van der Waals surface area contributed by atoms with Crippen LogP contribution in [0.3, 0.4) is 0 Å². The molecule has 1 saturated heterocycles. The van der Waals surface area contributed by atoms with E-state index in [0.29, 0.717) is 5.69 Å². The first-order chi connectivity index (χ1) is 9.16. The number of carbonyl (C=O) groups excluding carboxylic acids is 1. The minimum Gasteiger partial charge on any atom is -0.376 e. The fourth-order valence-corrected chi connectivity index (χ4v) is 2.34. The van der Waals surface area contributed by atoms with Crippen molar-refractivity contribution in [3.63, 3.8) is 0 Å². The topological polar surface area (TPSA) is 44.1 Å². The fraction of sp³-hybridized carbons (Fsp3) is 0.467. The van der Waals surface area contributed by atoms with Crippen LogP contribution in [0.15, 0.2) is 24.3 Å². The lowest BCUT2D eigenvalue weighted by molar-refractivity contribution is -0.0603. The van der Waals surface area contributed by atoms with Crippen LogP contribution in [0.25, 0.3) is 10.9 Å². The zero-order chi connectivity index (χ0) is 13.4. The van der Waals surface area contributed by atoms with Crippen molar-refractivity contribution in [1.29, 1.82) is 0 Å². The van der Waals surface area contributed by atoms with E-state index in [2.05, 4.69) is 5.10 Å². The highest BCUT2D eigenvalue weighted by Gasteiger charge is 2.23. The third-order valence-electron chi connectivity index (χ3n) is 3.59. The average molecular weight is 258 g/mol. The molecule has 0 saturated carbocycles. The zero-order valence-corrected chi connectivity index (χ0v) is 11.3. The summed E-state index contributed by atoms with van der Waals surface area (Å²) in [5.41, 5.74) is 1.60. The van der Waals surface area contributed by atoms with E-state index < -0.39 is 0 Å². The first kappa shape index (κ1) is 12.4. The summed E-state index contributed by atoms with van der Waals surface area (Å²) in [6, 6.07) is 7.91. The molecule has 0 aliphatic carbocycles. The lowest BCUT2D eigenvalue weighted by Gasteiger charge is -2.26. The van der Waals surface area contributed by atoms with Gasteiger partial charge in [0.2, 0.25) is 0 Å². The van der Waals surface area contributed by atoms with Crippen molar-refractivity contribution >= 4 is 16.7 Å². The molecule has 0 radical (unpaired) electrons. The lowest BCUT2D eigenvalue weighted by Crippen LogP contribution is -2.31. The zero-order valence-electron chi connectivity index (χ0n) is 11.3. The Hall–Kier alpha value is -1.68. The molecular formula is C15H18N2O2. The molecule has 1 aromatic heterocycles. The Morgan fingerprint density at radius 2 is 2.21 bits per heavy atom. The molecule has 1 aliphatic rings. The summed E-state index contributed by atoms with van der Waals surface area (Å²) in [6.45, 7) is 5.38. The molecule has 4 nitrogen and oxygen atoms in total. The first-order valence-electron chi connectivity index (χ1n) is 6.78. The second-order valence-electron chi connectivity index (χ2n) is 5.35. The van der Waals surface area contributed by atoms with Crippen molar-refractivity contribution in [2.75, 3.05) is 6.61 Å². The molecule has 1 unspecified atom stereocenters. The Labute approximate surface area is 112 Å². The molecule has 1 fully saturated rings. The number of carbonyl (C=O) groups is 1. The van der Waals surface area contributed by atoms with Gasteiger partial charge in [0.15, 0.2) is 5.78 Å². The largest absolute Gasteiger partial charge is 0.376 e. The third kappa shape index (κ3) is 2.16. The van der Waals surface area contributed by atoms with Gasteiger partial charge in [-0.3, -0.25) is 9.48 Å². The number of hydrogen-bond acceptors (Lipinski definition) is 3. The van der Waals surface area contributed by atoms with Crippen LogP contribution in [-0.4, -0.2) is 28.3 Å². The summed E-state index contributed by atoms with van der Waals surface area (Å²) in [6.07, 6.45) is 1.31. The van der Waals surface area contributed by atoms with Gasteiger partial charge in [0.1, 0.15) is 5.69 Å². The van der Waals surface area contributed by atoms with E-state index in [0.717, 1.165) is 30.5 Å². The molecule has 19 heavy (non-hydrogen) atoms. The van der Waals surface area contributed by atoms with Gasteiger partial charge in [-0.15, -0.1) is 0 Å². The molecular weight excluding hydrogens is 240 g/mol. The van der Waals surface area contributed by atoms with E-state index in [1.54, 1.807) is 0 Å². The molecule has 3 rings (SSSR count).